The summed E-state index contributed by atoms with van der Waals surface area (Å²) in [7, 11) is 3.98. The van der Waals surface area contributed by atoms with E-state index in [2.05, 4.69) is 22.0 Å². The van der Waals surface area contributed by atoms with Crippen LogP contribution < -0.4 is 4.74 Å². The van der Waals surface area contributed by atoms with Gasteiger partial charge in [0.15, 0.2) is 16.8 Å². The molecule has 2 aromatic carbocycles. The highest BCUT2D eigenvalue weighted by Gasteiger charge is 2.21. The zero-order valence-corrected chi connectivity index (χ0v) is 20.1. The van der Waals surface area contributed by atoms with E-state index in [1.165, 1.54) is 18.7 Å². The van der Waals surface area contributed by atoms with Crippen molar-refractivity contribution in [2.75, 3.05) is 26.5 Å². The van der Waals surface area contributed by atoms with Gasteiger partial charge in [0, 0.05) is 22.0 Å². The summed E-state index contributed by atoms with van der Waals surface area (Å²) in [5, 5.41) is 20.5. The Balaban J connectivity index is 1.68. The molecule has 0 spiro atoms. The second-order valence-electron chi connectivity index (χ2n) is 7.65. The molecule has 2 atom stereocenters. The number of aliphatic hydroxyl groups excluding tert-OH is 1. The molecular formula is C23H27ClN4O3S. The van der Waals surface area contributed by atoms with Crippen molar-refractivity contribution in [1.29, 1.82) is 0 Å². The summed E-state index contributed by atoms with van der Waals surface area (Å²) >= 11 is 7.47. The summed E-state index contributed by atoms with van der Waals surface area (Å²) in [6, 6.07) is 14.4. The van der Waals surface area contributed by atoms with Gasteiger partial charge < -0.3 is 9.84 Å². The zero-order valence-electron chi connectivity index (χ0n) is 18.5. The fraction of sp³-hybridized carbons (Fsp3) is 0.348. The molecule has 0 saturated carbocycles. The summed E-state index contributed by atoms with van der Waals surface area (Å²) in [5.74, 6) is 1.79. The summed E-state index contributed by atoms with van der Waals surface area (Å²) < 4.78 is 7.64. The van der Waals surface area contributed by atoms with Gasteiger partial charge in [-0.3, -0.25) is 14.3 Å². The van der Waals surface area contributed by atoms with Gasteiger partial charge >= 0.3 is 0 Å². The lowest BCUT2D eigenvalue weighted by Gasteiger charge is -2.20. The molecule has 0 bridgehead atoms. The van der Waals surface area contributed by atoms with Crippen molar-refractivity contribution in [1.82, 2.24) is 19.7 Å². The molecule has 0 aliphatic rings. The average Bonchev–Trinajstić information content (AvgIpc) is 3.20. The zero-order chi connectivity index (χ0) is 23.3. The first-order chi connectivity index (χ1) is 15.3. The number of carbonyl (C=O) groups is 1. The molecule has 0 radical (unpaired) electrons. The molecule has 7 nitrogen and oxygen atoms in total. The van der Waals surface area contributed by atoms with E-state index in [4.69, 9.17) is 16.3 Å². The molecular weight excluding hydrogens is 448 g/mol. The van der Waals surface area contributed by atoms with Gasteiger partial charge in [-0.05, 0) is 76.5 Å². The topological polar surface area (TPSA) is 80.5 Å². The van der Waals surface area contributed by atoms with E-state index in [0.717, 1.165) is 11.5 Å². The van der Waals surface area contributed by atoms with E-state index in [1.54, 1.807) is 24.3 Å². The lowest BCUT2D eigenvalue weighted by molar-refractivity contribution is 0.101. The van der Waals surface area contributed by atoms with Crippen LogP contribution in [0.4, 0.5) is 0 Å². The van der Waals surface area contributed by atoms with Gasteiger partial charge in [0.25, 0.3) is 0 Å². The van der Waals surface area contributed by atoms with Gasteiger partial charge in [-0.15, -0.1) is 10.2 Å². The molecule has 9 heteroatoms. The fourth-order valence-corrected chi connectivity index (χ4v) is 3.90. The molecule has 1 N–H and O–H groups in total. The maximum Gasteiger partial charge on any atom is 0.195 e. The minimum Gasteiger partial charge on any atom is -0.491 e. The number of ketones is 1. The smallest absolute Gasteiger partial charge is 0.195 e. The number of rotatable bonds is 10. The predicted molar refractivity (Wildman–Crippen MR) is 127 cm³/mol. The third-order valence-corrected chi connectivity index (χ3v) is 6.33. The monoisotopic (exact) mass is 474 g/mol. The van der Waals surface area contributed by atoms with Crippen molar-refractivity contribution in [2.45, 2.75) is 31.1 Å². The van der Waals surface area contributed by atoms with E-state index >= 15 is 0 Å². The maximum absolute atomic E-state index is 11.4. The Morgan fingerprint density at radius 1 is 1.16 bits per heavy atom. The highest BCUT2D eigenvalue weighted by Crippen LogP contribution is 2.28. The molecule has 2 unspecified atom stereocenters. The van der Waals surface area contributed by atoms with Crippen LogP contribution in [0.5, 0.6) is 5.75 Å². The molecule has 170 valence electrons. The van der Waals surface area contributed by atoms with Crippen LogP contribution in [-0.4, -0.2) is 63.1 Å². The average molecular weight is 475 g/mol. The lowest BCUT2D eigenvalue weighted by atomic mass is 10.1. The van der Waals surface area contributed by atoms with Crippen LogP contribution in [0.25, 0.3) is 5.69 Å². The summed E-state index contributed by atoms with van der Waals surface area (Å²) in [6.07, 6.45) is -0.711. The maximum atomic E-state index is 11.4. The fourth-order valence-electron chi connectivity index (χ4n) is 2.91. The quantitative estimate of drug-likeness (QED) is 0.347. The number of nitrogens with zero attached hydrogens (tertiary/aromatic N) is 4. The molecule has 32 heavy (non-hydrogen) atoms. The number of thioether (sulfide) groups is 1. The lowest BCUT2D eigenvalue weighted by Crippen LogP contribution is -2.21. The van der Waals surface area contributed by atoms with Crippen molar-refractivity contribution in [3.63, 3.8) is 0 Å². The standard InChI is InChI=1S/C23H27ClN4O3S/c1-15(27(3)4)22-25-26-23(28(22)19-9-7-18(24)8-10-19)32-14-20(30)13-31-21-11-5-17(6-12-21)16(2)29/h5-12,15,20,30H,13-14H2,1-4H3. The van der Waals surface area contributed by atoms with Crippen molar-refractivity contribution in [3.8, 4) is 11.4 Å². The molecule has 3 rings (SSSR count). The SMILES string of the molecule is CC(=O)c1ccc(OCC(O)CSc2nnc(C(C)N(C)C)n2-c2ccc(Cl)cc2)cc1. The van der Waals surface area contributed by atoms with Gasteiger partial charge in [0.1, 0.15) is 12.4 Å². The molecule has 0 aliphatic carbocycles. The third-order valence-electron chi connectivity index (χ3n) is 5.00. The summed E-state index contributed by atoms with van der Waals surface area (Å²) in [5.41, 5.74) is 1.53. The predicted octanol–water partition coefficient (Wildman–Crippen LogP) is 4.28. The van der Waals surface area contributed by atoms with Crippen molar-refractivity contribution < 1.29 is 14.6 Å². The van der Waals surface area contributed by atoms with Gasteiger partial charge in [0.2, 0.25) is 0 Å². The first-order valence-electron chi connectivity index (χ1n) is 10.2. The Bertz CT molecular complexity index is 1040. The van der Waals surface area contributed by atoms with Crippen LogP contribution in [0.15, 0.2) is 53.7 Å². The van der Waals surface area contributed by atoms with Crippen LogP contribution >= 0.6 is 23.4 Å². The second-order valence-corrected chi connectivity index (χ2v) is 9.07. The van der Waals surface area contributed by atoms with E-state index < -0.39 is 6.10 Å². The minimum atomic E-state index is -0.711. The molecule has 0 saturated heterocycles. The molecule has 0 fully saturated rings. The Morgan fingerprint density at radius 2 is 1.81 bits per heavy atom. The highest BCUT2D eigenvalue weighted by molar-refractivity contribution is 7.99. The Kier molecular flexibility index (Phi) is 8.31. The van der Waals surface area contributed by atoms with E-state index in [-0.39, 0.29) is 18.4 Å². The number of aliphatic hydroxyl groups is 1. The van der Waals surface area contributed by atoms with Crippen LogP contribution in [0.2, 0.25) is 5.02 Å². The third kappa shape index (κ3) is 6.10. The number of hydrogen-bond donors (Lipinski definition) is 1. The van der Waals surface area contributed by atoms with Crippen molar-refractivity contribution >= 4 is 29.1 Å². The van der Waals surface area contributed by atoms with E-state index in [0.29, 0.717) is 27.2 Å². The van der Waals surface area contributed by atoms with Crippen LogP contribution in [0.1, 0.15) is 36.1 Å². The Morgan fingerprint density at radius 3 is 2.41 bits per heavy atom. The van der Waals surface area contributed by atoms with Gasteiger partial charge in [-0.1, -0.05) is 23.4 Å². The van der Waals surface area contributed by atoms with Crippen LogP contribution in [0.3, 0.4) is 0 Å². The van der Waals surface area contributed by atoms with Gasteiger partial charge in [0.05, 0.1) is 12.1 Å². The van der Waals surface area contributed by atoms with Crippen LogP contribution in [0, 0.1) is 0 Å². The molecule has 3 aromatic rings. The molecule has 0 amide bonds. The number of Topliss-reactive ketones (excluding diaryl/α,β-unsaturated/α-hetero) is 1. The number of hydrogen-bond acceptors (Lipinski definition) is 7. The van der Waals surface area contributed by atoms with Gasteiger partial charge in [-0.25, -0.2) is 0 Å². The Labute approximate surface area is 197 Å². The number of aromatic nitrogens is 3. The number of halogens is 1. The first kappa shape index (κ1) is 24.3. The largest absolute Gasteiger partial charge is 0.491 e. The normalized spacial score (nSPS) is 13.2. The second kappa shape index (κ2) is 11.0. The minimum absolute atomic E-state index is 0.000683. The van der Waals surface area contributed by atoms with E-state index in [1.807, 2.05) is 42.9 Å². The number of carbonyl (C=O) groups excluding carboxylic acids is 1. The number of ether oxygens (including phenoxy) is 1. The first-order valence-corrected chi connectivity index (χ1v) is 11.5. The number of benzene rings is 2. The summed E-state index contributed by atoms with van der Waals surface area (Å²) in [6.45, 7) is 3.71. The van der Waals surface area contributed by atoms with Crippen molar-refractivity contribution in [3.05, 3.63) is 64.9 Å². The Hall–Kier alpha value is -2.39. The van der Waals surface area contributed by atoms with Crippen LogP contribution in [-0.2, 0) is 0 Å². The summed E-state index contributed by atoms with van der Waals surface area (Å²) in [4.78, 5) is 13.4. The van der Waals surface area contributed by atoms with E-state index in [9.17, 15) is 9.90 Å². The van der Waals surface area contributed by atoms with Crippen molar-refractivity contribution in [2.24, 2.45) is 0 Å². The van der Waals surface area contributed by atoms with Gasteiger partial charge in [-0.2, -0.15) is 0 Å². The molecule has 1 aromatic heterocycles. The highest BCUT2D eigenvalue weighted by atomic mass is 35.5. The molecule has 1 heterocycles. The molecule has 0 aliphatic heterocycles.